The first kappa shape index (κ1) is 15.4. The fraction of sp³-hybridized carbons (Fsp3) is 0.455. The fourth-order valence-corrected chi connectivity index (χ4v) is 3.24. The van der Waals surface area contributed by atoms with Crippen molar-refractivity contribution in [1.82, 2.24) is 0 Å². The lowest BCUT2D eigenvalue weighted by Crippen LogP contribution is -2.29. The van der Waals surface area contributed by atoms with Gasteiger partial charge in [-0.2, -0.15) is 0 Å². The molecule has 2 N–H and O–H groups in total. The van der Waals surface area contributed by atoms with Crippen molar-refractivity contribution >= 4 is 20.2 Å². The van der Waals surface area contributed by atoms with E-state index in [0.717, 1.165) is 5.56 Å². The Labute approximate surface area is 107 Å². The monoisotopic (exact) mass is 272 g/mol. The standard InChI is InChI=1S/C11H18BO5P/c1-3-16-18(15,17-4-2)9-10-5-7-11(8-6-10)12(13)14/h5-8,13-14H,3-4,9H2,1-2H3. The Hall–Kier alpha value is -0.645. The maximum Gasteiger partial charge on any atom is 0.488 e. The van der Waals surface area contributed by atoms with Crippen LogP contribution in [0.25, 0.3) is 0 Å². The second kappa shape index (κ2) is 7.07. The Balaban J connectivity index is 2.78. The number of hydrogen-bond donors (Lipinski definition) is 2. The number of rotatable bonds is 7. The van der Waals surface area contributed by atoms with Gasteiger partial charge in [-0.1, -0.05) is 24.3 Å². The van der Waals surface area contributed by atoms with Gasteiger partial charge in [-0.15, -0.1) is 0 Å². The third kappa shape index (κ3) is 4.56. The molecule has 0 radical (unpaired) electrons. The van der Waals surface area contributed by atoms with Crippen LogP contribution >= 0.6 is 7.60 Å². The molecule has 0 aliphatic rings. The summed E-state index contributed by atoms with van der Waals surface area (Å²) < 4.78 is 22.6. The zero-order chi connectivity index (χ0) is 13.6. The second-order valence-electron chi connectivity index (χ2n) is 3.72. The van der Waals surface area contributed by atoms with Gasteiger partial charge < -0.3 is 19.1 Å². The molecule has 0 amide bonds. The Morgan fingerprint density at radius 3 is 2.00 bits per heavy atom. The van der Waals surface area contributed by atoms with Crippen LogP contribution in [-0.4, -0.2) is 30.4 Å². The molecule has 0 saturated carbocycles. The molecule has 0 spiro atoms. The molecule has 18 heavy (non-hydrogen) atoms. The summed E-state index contributed by atoms with van der Waals surface area (Å²) in [5.74, 6) is 0. The highest BCUT2D eigenvalue weighted by Crippen LogP contribution is 2.51. The van der Waals surface area contributed by atoms with Crippen LogP contribution in [0.2, 0.25) is 0 Å². The van der Waals surface area contributed by atoms with E-state index in [1.54, 1.807) is 38.1 Å². The maximum atomic E-state index is 12.3. The molecule has 0 unspecified atom stereocenters. The quantitative estimate of drug-likeness (QED) is 0.575. The first-order valence-corrected chi connectivity index (χ1v) is 7.56. The Morgan fingerprint density at radius 1 is 1.11 bits per heavy atom. The lowest BCUT2D eigenvalue weighted by molar-refractivity contribution is 0.219. The summed E-state index contributed by atoms with van der Waals surface area (Å²) in [4.78, 5) is 0. The maximum absolute atomic E-state index is 12.3. The minimum absolute atomic E-state index is 0.177. The third-order valence-corrected chi connectivity index (χ3v) is 4.36. The average Bonchev–Trinajstić information content (AvgIpc) is 2.30. The van der Waals surface area contributed by atoms with Gasteiger partial charge >= 0.3 is 14.7 Å². The normalized spacial score (nSPS) is 11.6. The minimum atomic E-state index is -3.11. The molecule has 1 aromatic rings. The van der Waals surface area contributed by atoms with Gasteiger partial charge in [0.25, 0.3) is 0 Å². The summed E-state index contributed by atoms with van der Waals surface area (Å²) in [6, 6.07) is 6.50. The van der Waals surface area contributed by atoms with Crippen LogP contribution in [0.1, 0.15) is 19.4 Å². The fourth-order valence-electron chi connectivity index (χ4n) is 1.54. The summed E-state index contributed by atoms with van der Waals surface area (Å²) in [6.45, 7) is 4.17. The molecule has 0 fully saturated rings. The molecule has 5 nitrogen and oxygen atoms in total. The summed E-state index contributed by atoms with van der Waals surface area (Å²) in [6.07, 6.45) is 0.177. The van der Waals surface area contributed by atoms with E-state index in [-0.39, 0.29) is 6.16 Å². The smallest absolute Gasteiger partial charge is 0.423 e. The lowest BCUT2D eigenvalue weighted by atomic mass is 9.80. The molecule has 0 heterocycles. The second-order valence-corrected chi connectivity index (χ2v) is 5.77. The number of hydrogen-bond acceptors (Lipinski definition) is 5. The molecule has 0 aliphatic heterocycles. The highest BCUT2D eigenvalue weighted by Gasteiger charge is 2.24. The molecule has 0 aliphatic carbocycles. The largest absolute Gasteiger partial charge is 0.488 e. The summed E-state index contributed by atoms with van der Waals surface area (Å²) >= 11 is 0. The first-order valence-electron chi connectivity index (χ1n) is 5.84. The predicted octanol–water partition coefficient (Wildman–Crippen LogP) is 1.13. The van der Waals surface area contributed by atoms with Gasteiger partial charge in [0, 0.05) is 0 Å². The van der Waals surface area contributed by atoms with Crippen molar-refractivity contribution in [2.75, 3.05) is 13.2 Å². The minimum Gasteiger partial charge on any atom is -0.423 e. The van der Waals surface area contributed by atoms with Crippen LogP contribution < -0.4 is 5.46 Å². The van der Waals surface area contributed by atoms with E-state index in [1.807, 2.05) is 0 Å². The summed E-state index contributed by atoms with van der Waals surface area (Å²) in [7, 11) is -4.60. The van der Waals surface area contributed by atoms with Crippen molar-refractivity contribution in [1.29, 1.82) is 0 Å². The van der Waals surface area contributed by atoms with Crippen molar-refractivity contribution in [3.05, 3.63) is 29.8 Å². The highest BCUT2D eigenvalue weighted by atomic mass is 31.2. The van der Waals surface area contributed by atoms with E-state index in [2.05, 4.69) is 0 Å². The molecule has 0 saturated heterocycles. The van der Waals surface area contributed by atoms with E-state index in [9.17, 15) is 4.57 Å². The zero-order valence-corrected chi connectivity index (χ0v) is 11.5. The summed E-state index contributed by atoms with van der Waals surface area (Å²) in [5.41, 5.74) is 1.16. The predicted molar refractivity (Wildman–Crippen MR) is 70.8 cm³/mol. The van der Waals surface area contributed by atoms with Crippen LogP contribution in [0.4, 0.5) is 0 Å². The van der Waals surface area contributed by atoms with Gasteiger partial charge in [-0.3, -0.25) is 4.57 Å². The van der Waals surface area contributed by atoms with E-state index in [4.69, 9.17) is 19.1 Å². The van der Waals surface area contributed by atoms with E-state index in [0.29, 0.717) is 18.7 Å². The van der Waals surface area contributed by atoms with Gasteiger partial charge in [0.15, 0.2) is 0 Å². The van der Waals surface area contributed by atoms with Gasteiger partial charge in [0.1, 0.15) is 0 Å². The van der Waals surface area contributed by atoms with E-state index >= 15 is 0 Å². The topological polar surface area (TPSA) is 76.0 Å². The van der Waals surface area contributed by atoms with Gasteiger partial charge in [-0.05, 0) is 24.9 Å². The Bertz CT molecular complexity index is 396. The van der Waals surface area contributed by atoms with Crippen LogP contribution in [0, 0.1) is 0 Å². The van der Waals surface area contributed by atoms with Crippen LogP contribution in [0.5, 0.6) is 0 Å². The Kier molecular flexibility index (Phi) is 6.05. The molecule has 100 valence electrons. The van der Waals surface area contributed by atoms with Crippen molar-refractivity contribution < 1.29 is 23.7 Å². The SMILES string of the molecule is CCOP(=O)(Cc1ccc(B(O)O)cc1)OCC. The Morgan fingerprint density at radius 2 is 1.61 bits per heavy atom. The molecule has 7 heteroatoms. The van der Waals surface area contributed by atoms with Crippen molar-refractivity contribution in [2.45, 2.75) is 20.0 Å². The average molecular weight is 272 g/mol. The lowest BCUT2D eigenvalue weighted by Gasteiger charge is -2.17. The zero-order valence-electron chi connectivity index (χ0n) is 10.6. The van der Waals surface area contributed by atoms with Crippen LogP contribution in [-0.2, 0) is 19.8 Å². The highest BCUT2D eigenvalue weighted by molar-refractivity contribution is 7.53. The molecule has 0 atom stereocenters. The summed E-state index contributed by atoms with van der Waals surface area (Å²) in [5, 5.41) is 17.9. The van der Waals surface area contributed by atoms with Crippen molar-refractivity contribution in [3.63, 3.8) is 0 Å². The van der Waals surface area contributed by atoms with Gasteiger partial charge in [0.05, 0.1) is 19.4 Å². The van der Waals surface area contributed by atoms with Crippen molar-refractivity contribution in [3.8, 4) is 0 Å². The van der Waals surface area contributed by atoms with Crippen molar-refractivity contribution in [2.24, 2.45) is 0 Å². The third-order valence-electron chi connectivity index (χ3n) is 2.31. The van der Waals surface area contributed by atoms with Crippen LogP contribution in [0.15, 0.2) is 24.3 Å². The van der Waals surface area contributed by atoms with Gasteiger partial charge in [0.2, 0.25) is 0 Å². The molecule has 1 aromatic carbocycles. The number of benzene rings is 1. The molecule has 1 rings (SSSR count). The molecule has 0 aromatic heterocycles. The van der Waals surface area contributed by atoms with Gasteiger partial charge in [-0.25, -0.2) is 0 Å². The molecule has 0 bridgehead atoms. The van der Waals surface area contributed by atoms with E-state index in [1.165, 1.54) is 0 Å². The van der Waals surface area contributed by atoms with E-state index < -0.39 is 14.7 Å². The molecular weight excluding hydrogens is 254 g/mol. The first-order chi connectivity index (χ1) is 8.50. The molecular formula is C11H18BO5P. The van der Waals surface area contributed by atoms with Crippen LogP contribution in [0.3, 0.4) is 0 Å².